The number of fused-ring (bicyclic) bond motifs is 2. The molecule has 2 aliphatic rings. The maximum atomic E-state index is 14.8. The van der Waals surface area contributed by atoms with Crippen LogP contribution in [0.2, 0.25) is 0 Å². The van der Waals surface area contributed by atoms with Crippen molar-refractivity contribution in [2.75, 3.05) is 9.80 Å². The summed E-state index contributed by atoms with van der Waals surface area (Å²) < 4.78 is 5.65. The number of benzene rings is 4. The average Bonchev–Trinajstić information content (AvgIpc) is 3.37. The Morgan fingerprint density at radius 3 is 2.20 bits per heavy atom. The molecule has 7 nitrogen and oxygen atoms in total. The number of amides is 4. The van der Waals surface area contributed by atoms with E-state index in [0.29, 0.717) is 22.5 Å². The molecule has 0 N–H and O–H groups in total. The van der Waals surface area contributed by atoms with Gasteiger partial charge in [-0.3, -0.25) is 19.3 Å². The third kappa shape index (κ3) is 3.80. The summed E-state index contributed by atoms with van der Waals surface area (Å²) in [5, 5.41) is 1.83. The van der Waals surface area contributed by atoms with E-state index in [1.165, 1.54) is 0 Å². The number of ether oxygens (including phenoxy) is 1. The lowest BCUT2D eigenvalue weighted by Gasteiger charge is -2.34. The van der Waals surface area contributed by atoms with Crippen LogP contribution in [0.3, 0.4) is 0 Å². The smallest absolute Gasteiger partial charge is 0.421 e. The first-order valence-corrected chi connectivity index (χ1v) is 13.2. The first-order valence-electron chi connectivity index (χ1n) is 13.2. The number of anilines is 2. The number of carbonyl (C=O) groups is 4. The summed E-state index contributed by atoms with van der Waals surface area (Å²) in [6.45, 7) is 5.18. The second-order valence-electron chi connectivity index (χ2n) is 11.2. The van der Waals surface area contributed by atoms with Gasteiger partial charge in [0.15, 0.2) is 0 Å². The predicted octanol–water partition coefficient (Wildman–Crippen LogP) is 5.99. The number of nitrogens with zero attached hydrogens (tertiary/aromatic N) is 2. The van der Waals surface area contributed by atoms with E-state index in [4.69, 9.17) is 4.74 Å². The van der Waals surface area contributed by atoms with E-state index in [9.17, 15) is 19.2 Å². The zero-order chi connectivity index (χ0) is 28.2. The van der Waals surface area contributed by atoms with Gasteiger partial charge in [-0.2, -0.15) is 0 Å². The van der Waals surface area contributed by atoms with Crippen molar-refractivity contribution in [2.45, 2.75) is 38.2 Å². The summed E-state index contributed by atoms with van der Waals surface area (Å²) in [4.78, 5) is 58.2. The average molecular weight is 533 g/mol. The number of rotatable bonds is 3. The van der Waals surface area contributed by atoms with E-state index >= 15 is 0 Å². The Balaban J connectivity index is 1.60. The van der Waals surface area contributed by atoms with Crippen LogP contribution >= 0.6 is 0 Å². The summed E-state index contributed by atoms with van der Waals surface area (Å²) in [5.41, 5.74) is -0.680. The van der Waals surface area contributed by atoms with Crippen LogP contribution in [0.4, 0.5) is 16.2 Å². The topological polar surface area (TPSA) is 84.0 Å². The van der Waals surface area contributed by atoms with Crippen molar-refractivity contribution in [1.82, 2.24) is 0 Å². The van der Waals surface area contributed by atoms with Gasteiger partial charge in [-0.05, 0) is 66.9 Å². The van der Waals surface area contributed by atoms with Crippen LogP contribution in [0.15, 0.2) is 97.1 Å². The summed E-state index contributed by atoms with van der Waals surface area (Å²) in [6, 6.07) is 29.0. The third-order valence-electron chi connectivity index (χ3n) is 7.57. The van der Waals surface area contributed by atoms with Crippen LogP contribution in [-0.4, -0.2) is 29.4 Å². The molecular formula is C33H28N2O5. The van der Waals surface area contributed by atoms with Crippen LogP contribution in [0.1, 0.15) is 38.3 Å². The van der Waals surface area contributed by atoms with Gasteiger partial charge < -0.3 is 4.74 Å². The highest BCUT2D eigenvalue weighted by Crippen LogP contribution is 2.54. The molecular weight excluding hydrogens is 504 g/mol. The summed E-state index contributed by atoms with van der Waals surface area (Å²) in [5.74, 6) is -2.58. The fraction of sp³-hybridized carbons (Fsp3) is 0.212. The molecule has 0 saturated carbocycles. The molecule has 0 aromatic heterocycles. The molecule has 4 aromatic carbocycles. The van der Waals surface area contributed by atoms with Crippen LogP contribution in [0, 0.1) is 5.92 Å². The minimum atomic E-state index is -1.63. The number of hydrogen-bond donors (Lipinski definition) is 0. The highest BCUT2D eigenvalue weighted by molar-refractivity contribution is 6.28. The van der Waals surface area contributed by atoms with Gasteiger partial charge in [-0.25, -0.2) is 9.69 Å². The highest BCUT2D eigenvalue weighted by Gasteiger charge is 2.64. The van der Waals surface area contributed by atoms with E-state index in [1.807, 2.05) is 42.5 Å². The van der Waals surface area contributed by atoms with E-state index in [2.05, 4.69) is 0 Å². The van der Waals surface area contributed by atoms with Crippen LogP contribution < -0.4 is 9.80 Å². The molecule has 200 valence electrons. The van der Waals surface area contributed by atoms with Crippen molar-refractivity contribution in [3.05, 3.63) is 108 Å². The van der Waals surface area contributed by atoms with Crippen molar-refractivity contribution in [2.24, 2.45) is 5.92 Å². The molecule has 40 heavy (non-hydrogen) atoms. The van der Waals surface area contributed by atoms with E-state index in [0.717, 1.165) is 20.6 Å². The van der Waals surface area contributed by atoms with E-state index in [1.54, 1.807) is 75.4 Å². The molecule has 2 atom stereocenters. The molecule has 0 spiro atoms. The number of carbonyl (C=O) groups excluding carboxylic acids is 4. The summed E-state index contributed by atoms with van der Waals surface area (Å²) >= 11 is 0. The normalized spacial score (nSPS) is 20.8. The lowest BCUT2D eigenvalue weighted by atomic mass is 9.65. The lowest BCUT2D eigenvalue weighted by Crippen LogP contribution is -2.51. The van der Waals surface area contributed by atoms with Gasteiger partial charge in [0.2, 0.25) is 11.8 Å². The Hall–Kier alpha value is -4.78. The molecule has 1 fully saturated rings. The van der Waals surface area contributed by atoms with Gasteiger partial charge >= 0.3 is 6.09 Å². The standard InChI is InChI=1S/C33H28N2O5/c1-32(2,3)40-31(39)35-27-16-10-9-15-25(27)33(30(35)38,23-18-17-21-11-7-8-12-22(21)19-23)26-20-28(36)34(29(26)37)24-13-5-4-6-14-24/h4-19,26H,20H2,1-3H3/t26-,33-/m0/s1. The minimum Gasteiger partial charge on any atom is -0.443 e. The van der Waals surface area contributed by atoms with Crippen molar-refractivity contribution in [3.8, 4) is 0 Å². The second-order valence-corrected chi connectivity index (χ2v) is 11.2. The lowest BCUT2D eigenvalue weighted by molar-refractivity contribution is -0.130. The second kappa shape index (κ2) is 9.16. The first-order chi connectivity index (χ1) is 19.1. The quantitative estimate of drug-likeness (QED) is 0.303. The molecule has 0 unspecified atom stereocenters. The van der Waals surface area contributed by atoms with Crippen LogP contribution in [-0.2, 0) is 24.5 Å². The molecule has 2 aliphatic heterocycles. The van der Waals surface area contributed by atoms with Gasteiger partial charge in [0, 0.05) is 6.42 Å². The molecule has 2 heterocycles. The Bertz CT molecular complexity index is 1690. The number of hydrogen-bond acceptors (Lipinski definition) is 5. The predicted molar refractivity (Wildman–Crippen MR) is 152 cm³/mol. The maximum Gasteiger partial charge on any atom is 0.421 e. The van der Waals surface area contributed by atoms with Gasteiger partial charge in [-0.1, -0.05) is 72.8 Å². The monoisotopic (exact) mass is 532 g/mol. The third-order valence-corrected chi connectivity index (χ3v) is 7.57. The molecule has 4 aromatic rings. The number of para-hydroxylation sites is 2. The summed E-state index contributed by atoms with van der Waals surface area (Å²) in [6.07, 6.45) is -1.02. The van der Waals surface area contributed by atoms with Crippen LogP contribution in [0.25, 0.3) is 10.8 Å². The minimum absolute atomic E-state index is 0.192. The molecule has 7 heteroatoms. The van der Waals surface area contributed by atoms with E-state index < -0.39 is 40.7 Å². The zero-order valence-electron chi connectivity index (χ0n) is 22.5. The molecule has 0 radical (unpaired) electrons. The van der Waals surface area contributed by atoms with Crippen LogP contribution in [0.5, 0.6) is 0 Å². The van der Waals surface area contributed by atoms with Gasteiger partial charge in [0.25, 0.3) is 5.91 Å². The molecule has 4 amide bonds. The fourth-order valence-electron chi connectivity index (χ4n) is 5.96. The Morgan fingerprint density at radius 2 is 1.48 bits per heavy atom. The van der Waals surface area contributed by atoms with Gasteiger partial charge in [0.05, 0.1) is 17.3 Å². The molecule has 0 bridgehead atoms. The fourth-order valence-corrected chi connectivity index (χ4v) is 5.96. The molecule has 1 saturated heterocycles. The molecule has 6 rings (SSSR count). The first kappa shape index (κ1) is 25.5. The Morgan fingerprint density at radius 1 is 0.825 bits per heavy atom. The van der Waals surface area contributed by atoms with Crippen molar-refractivity contribution in [3.63, 3.8) is 0 Å². The Labute approximate surface area is 232 Å². The maximum absolute atomic E-state index is 14.8. The van der Waals surface area contributed by atoms with Crippen molar-refractivity contribution < 1.29 is 23.9 Å². The van der Waals surface area contributed by atoms with Gasteiger partial charge in [0.1, 0.15) is 11.0 Å². The summed E-state index contributed by atoms with van der Waals surface area (Å²) in [7, 11) is 0. The largest absolute Gasteiger partial charge is 0.443 e. The van der Waals surface area contributed by atoms with Crippen molar-refractivity contribution >= 4 is 46.0 Å². The SMILES string of the molecule is CC(C)(C)OC(=O)N1C(=O)[C@](c2ccc3ccccc3c2)([C@H]2CC(=O)N(c3ccccc3)C2=O)c2ccccc21. The van der Waals surface area contributed by atoms with Crippen molar-refractivity contribution in [1.29, 1.82) is 0 Å². The Kier molecular flexibility index (Phi) is 5.84. The zero-order valence-corrected chi connectivity index (χ0v) is 22.5. The van der Waals surface area contributed by atoms with Gasteiger partial charge in [-0.15, -0.1) is 0 Å². The molecule has 0 aliphatic carbocycles. The highest BCUT2D eigenvalue weighted by atomic mass is 16.6. The number of imide groups is 2. The van der Waals surface area contributed by atoms with E-state index in [-0.39, 0.29) is 6.42 Å².